The summed E-state index contributed by atoms with van der Waals surface area (Å²) in [6, 6.07) is 0. The fourth-order valence-electron chi connectivity index (χ4n) is 1.98. The molecule has 0 unspecified atom stereocenters. The van der Waals surface area contributed by atoms with Crippen LogP contribution >= 0.6 is 0 Å². The van der Waals surface area contributed by atoms with E-state index in [0.29, 0.717) is 11.5 Å². The second kappa shape index (κ2) is 3.14. The molecule has 0 radical (unpaired) electrons. The molecule has 0 aromatic rings. The quantitative estimate of drug-likeness (QED) is 0.693. The molecule has 1 aliphatic heterocycles. The zero-order valence-electron chi connectivity index (χ0n) is 7.92. The van der Waals surface area contributed by atoms with Gasteiger partial charge in [-0.2, -0.15) is 0 Å². The topological polar surface area (TPSA) is 40.5 Å². The van der Waals surface area contributed by atoms with Crippen LogP contribution in [0.25, 0.3) is 0 Å². The predicted molar refractivity (Wildman–Crippen MR) is 49.5 cm³/mol. The molecule has 1 aliphatic carbocycles. The fourth-order valence-corrected chi connectivity index (χ4v) is 1.98. The minimum Gasteiger partial charge on any atom is -0.478 e. The Morgan fingerprint density at radius 2 is 2.23 bits per heavy atom. The first-order valence-electron chi connectivity index (χ1n) is 4.82. The van der Waals surface area contributed by atoms with Crippen molar-refractivity contribution in [2.75, 3.05) is 20.1 Å². The summed E-state index contributed by atoms with van der Waals surface area (Å²) in [6.07, 6.45) is 3.11. The second-order valence-electron chi connectivity index (χ2n) is 4.07. The Bertz CT molecular complexity index is 266. The number of hydrogen-bond acceptors (Lipinski definition) is 2. The van der Waals surface area contributed by atoms with Gasteiger partial charge < -0.3 is 10.0 Å². The number of hydrogen-bond donors (Lipinski definition) is 1. The van der Waals surface area contributed by atoms with Crippen LogP contribution < -0.4 is 0 Å². The van der Waals surface area contributed by atoms with Crippen LogP contribution in [0.1, 0.15) is 19.3 Å². The maximum Gasteiger partial charge on any atom is 0.331 e. The normalized spacial score (nSPS) is 25.0. The molecule has 2 rings (SSSR count). The highest BCUT2D eigenvalue weighted by Gasteiger charge is 2.32. The van der Waals surface area contributed by atoms with E-state index in [1.807, 2.05) is 0 Å². The van der Waals surface area contributed by atoms with Crippen molar-refractivity contribution in [2.24, 2.45) is 5.92 Å². The third-order valence-corrected chi connectivity index (χ3v) is 2.90. The van der Waals surface area contributed by atoms with Gasteiger partial charge in [-0.25, -0.2) is 4.79 Å². The molecule has 3 nitrogen and oxygen atoms in total. The van der Waals surface area contributed by atoms with Crippen LogP contribution in [0, 0.1) is 5.92 Å². The average molecular weight is 181 g/mol. The molecule has 1 saturated carbocycles. The molecule has 0 amide bonds. The van der Waals surface area contributed by atoms with Gasteiger partial charge in [-0.1, -0.05) is 0 Å². The number of aliphatic carboxylic acids is 1. The number of nitrogens with zero attached hydrogens (tertiary/aromatic N) is 1. The monoisotopic (exact) mass is 181 g/mol. The summed E-state index contributed by atoms with van der Waals surface area (Å²) in [5.74, 6) is -0.108. The highest BCUT2D eigenvalue weighted by Crippen LogP contribution is 2.40. The molecule has 3 heteroatoms. The molecule has 0 bridgehead atoms. The van der Waals surface area contributed by atoms with E-state index in [2.05, 4.69) is 11.9 Å². The summed E-state index contributed by atoms with van der Waals surface area (Å²) < 4.78 is 0. The Morgan fingerprint density at radius 1 is 1.54 bits per heavy atom. The van der Waals surface area contributed by atoms with Crippen molar-refractivity contribution >= 4 is 5.97 Å². The third kappa shape index (κ3) is 1.75. The first-order chi connectivity index (χ1) is 6.18. The molecular weight excluding hydrogens is 166 g/mol. The van der Waals surface area contributed by atoms with E-state index < -0.39 is 5.97 Å². The van der Waals surface area contributed by atoms with Crippen LogP contribution in [-0.4, -0.2) is 36.1 Å². The zero-order valence-corrected chi connectivity index (χ0v) is 7.92. The summed E-state index contributed by atoms with van der Waals surface area (Å²) in [5, 5.41) is 9.00. The minimum absolute atomic E-state index is 0.592. The van der Waals surface area contributed by atoms with Crippen molar-refractivity contribution in [3.05, 3.63) is 11.1 Å². The summed E-state index contributed by atoms with van der Waals surface area (Å²) in [6.45, 7) is 1.75. The van der Waals surface area contributed by atoms with Crippen LogP contribution in [-0.2, 0) is 4.79 Å². The SMILES string of the molecule is CN1CCC(C(=O)O)=C(C2CC2)C1. The highest BCUT2D eigenvalue weighted by atomic mass is 16.4. The molecule has 0 aromatic heterocycles. The number of likely N-dealkylation sites (N-methyl/N-ethyl adjacent to an activating group) is 1. The molecule has 1 heterocycles. The maximum absolute atomic E-state index is 10.9. The Hall–Kier alpha value is -0.830. The molecule has 1 fully saturated rings. The van der Waals surface area contributed by atoms with Gasteiger partial charge in [-0.3, -0.25) is 0 Å². The maximum atomic E-state index is 10.9. The first kappa shape index (κ1) is 8.75. The van der Waals surface area contributed by atoms with Gasteiger partial charge in [0, 0.05) is 18.7 Å². The van der Waals surface area contributed by atoms with E-state index in [-0.39, 0.29) is 0 Å². The van der Waals surface area contributed by atoms with Crippen LogP contribution in [0.15, 0.2) is 11.1 Å². The van der Waals surface area contributed by atoms with E-state index >= 15 is 0 Å². The number of carboxylic acids is 1. The summed E-state index contributed by atoms with van der Waals surface area (Å²) in [4.78, 5) is 13.1. The molecule has 0 atom stereocenters. The van der Waals surface area contributed by atoms with Gasteiger partial charge in [0.25, 0.3) is 0 Å². The van der Waals surface area contributed by atoms with E-state index in [9.17, 15) is 4.79 Å². The number of carbonyl (C=O) groups is 1. The molecule has 1 N–H and O–H groups in total. The Labute approximate surface area is 78.0 Å². The van der Waals surface area contributed by atoms with Crippen molar-refractivity contribution < 1.29 is 9.90 Å². The summed E-state index contributed by atoms with van der Waals surface area (Å²) >= 11 is 0. The van der Waals surface area contributed by atoms with Crippen molar-refractivity contribution in [2.45, 2.75) is 19.3 Å². The number of rotatable bonds is 2. The lowest BCUT2D eigenvalue weighted by Crippen LogP contribution is -2.30. The van der Waals surface area contributed by atoms with Gasteiger partial charge >= 0.3 is 5.97 Å². The third-order valence-electron chi connectivity index (χ3n) is 2.90. The highest BCUT2D eigenvalue weighted by molar-refractivity contribution is 5.88. The fraction of sp³-hybridized carbons (Fsp3) is 0.700. The standard InChI is InChI=1S/C10H15NO2/c1-11-5-4-8(10(12)13)9(6-11)7-2-3-7/h7H,2-6H2,1H3,(H,12,13). The van der Waals surface area contributed by atoms with Gasteiger partial charge in [0.1, 0.15) is 0 Å². The molecule has 0 saturated heterocycles. The first-order valence-corrected chi connectivity index (χ1v) is 4.82. The Kier molecular flexibility index (Phi) is 2.12. The van der Waals surface area contributed by atoms with E-state index in [1.165, 1.54) is 18.4 Å². The van der Waals surface area contributed by atoms with E-state index in [4.69, 9.17) is 5.11 Å². The molecule has 2 aliphatic rings. The average Bonchev–Trinajstić information content (AvgIpc) is 2.85. The number of carboxylic acid groups (broad SMARTS) is 1. The summed E-state index contributed by atoms with van der Waals surface area (Å²) in [7, 11) is 2.06. The van der Waals surface area contributed by atoms with Gasteiger partial charge in [-0.15, -0.1) is 0 Å². The zero-order chi connectivity index (χ0) is 9.42. The molecule has 13 heavy (non-hydrogen) atoms. The second-order valence-corrected chi connectivity index (χ2v) is 4.07. The van der Waals surface area contributed by atoms with Crippen LogP contribution in [0.4, 0.5) is 0 Å². The van der Waals surface area contributed by atoms with Crippen LogP contribution in [0.2, 0.25) is 0 Å². The molecule has 0 spiro atoms. The Morgan fingerprint density at radius 3 is 2.77 bits per heavy atom. The van der Waals surface area contributed by atoms with Crippen LogP contribution in [0.5, 0.6) is 0 Å². The molecule has 72 valence electrons. The smallest absolute Gasteiger partial charge is 0.331 e. The van der Waals surface area contributed by atoms with Crippen molar-refractivity contribution in [1.29, 1.82) is 0 Å². The van der Waals surface area contributed by atoms with Crippen molar-refractivity contribution in [3.8, 4) is 0 Å². The van der Waals surface area contributed by atoms with Gasteiger partial charge in [0.05, 0.1) is 0 Å². The van der Waals surface area contributed by atoms with Gasteiger partial charge in [0.2, 0.25) is 0 Å². The van der Waals surface area contributed by atoms with Crippen molar-refractivity contribution in [3.63, 3.8) is 0 Å². The van der Waals surface area contributed by atoms with Crippen LogP contribution in [0.3, 0.4) is 0 Å². The van der Waals surface area contributed by atoms with E-state index in [0.717, 1.165) is 19.5 Å². The lowest BCUT2D eigenvalue weighted by molar-refractivity contribution is -0.133. The van der Waals surface area contributed by atoms with Crippen molar-refractivity contribution in [1.82, 2.24) is 4.90 Å². The predicted octanol–water partition coefficient (Wildman–Crippen LogP) is 1.11. The van der Waals surface area contributed by atoms with Gasteiger partial charge in [0.15, 0.2) is 0 Å². The summed E-state index contributed by atoms with van der Waals surface area (Å²) in [5.41, 5.74) is 1.89. The lowest BCUT2D eigenvalue weighted by Gasteiger charge is -2.26. The lowest BCUT2D eigenvalue weighted by atomic mass is 9.97. The minimum atomic E-state index is -0.699. The molecular formula is C10H15NO2. The molecule has 0 aromatic carbocycles. The largest absolute Gasteiger partial charge is 0.478 e. The van der Waals surface area contributed by atoms with Gasteiger partial charge in [-0.05, 0) is 37.8 Å². The Balaban J connectivity index is 2.23. The van der Waals surface area contributed by atoms with E-state index in [1.54, 1.807) is 0 Å².